The summed E-state index contributed by atoms with van der Waals surface area (Å²) in [6.45, 7) is 4.20. The minimum atomic E-state index is -0.120. The summed E-state index contributed by atoms with van der Waals surface area (Å²) in [5.41, 5.74) is 1.56. The molecule has 4 heteroatoms. The monoisotopic (exact) mass is 262 g/mol. The molecule has 0 aliphatic heterocycles. The zero-order valence-corrected chi connectivity index (χ0v) is 11.2. The smallest absolute Gasteiger partial charge is 0.251 e. The maximum absolute atomic E-state index is 11.6. The lowest BCUT2D eigenvalue weighted by molar-refractivity contribution is 0.634. The second-order valence-corrected chi connectivity index (χ2v) is 5.13. The Hall–Kier alpha value is -1.61. The summed E-state index contributed by atoms with van der Waals surface area (Å²) in [5.74, 6) is 1.06. The summed E-state index contributed by atoms with van der Waals surface area (Å²) < 4.78 is 0. The third-order valence-corrected chi connectivity index (χ3v) is 2.78. The first-order valence-electron chi connectivity index (χ1n) is 5.91. The Balaban J connectivity index is 2.41. The fourth-order valence-corrected chi connectivity index (χ4v) is 1.90. The Kier molecular flexibility index (Phi) is 3.82. The molecule has 0 saturated heterocycles. The van der Waals surface area contributed by atoms with E-state index in [2.05, 4.69) is 23.8 Å². The van der Waals surface area contributed by atoms with Crippen LogP contribution in [0.15, 0.2) is 35.1 Å². The van der Waals surface area contributed by atoms with Crippen LogP contribution in [0.1, 0.15) is 19.5 Å². The number of hydrogen-bond donors (Lipinski definition) is 1. The van der Waals surface area contributed by atoms with E-state index in [1.165, 1.54) is 0 Å². The first-order chi connectivity index (χ1) is 8.54. The van der Waals surface area contributed by atoms with Gasteiger partial charge >= 0.3 is 0 Å². The van der Waals surface area contributed by atoms with Crippen LogP contribution in [-0.2, 0) is 6.42 Å². The molecule has 0 aliphatic carbocycles. The van der Waals surface area contributed by atoms with Crippen molar-refractivity contribution in [2.24, 2.45) is 5.92 Å². The predicted molar refractivity (Wildman–Crippen MR) is 73.8 cm³/mol. The van der Waals surface area contributed by atoms with E-state index >= 15 is 0 Å². The third kappa shape index (κ3) is 3.20. The van der Waals surface area contributed by atoms with Crippen LogP contribution in [0.3, 0.4) is 0 Å². The van der Waals surface area contributed by atoms with E-state index in [-0.39, 0.29) is 5.56 Å². The highest BCUT2D eigenvalue weighted by atomic mass is 35.5. The number of nitrogens with one attached hydrogen (secondary N) is 1. The van der Waals surface area contributed by atoms with Crippen molar-refractivity contribution in [3.05, 3.63) is 51.4 Å². The Bertz CT molecular complexity index is 587. The summed E-state index contributed by atoms with van der Waals surface area (Å²) in [4.78, 5) is 18.8. The number of hydrogen-bond acceptors (Lipinski definition) is 2. The second-order valence-electron chi connectivity index (χ2n) is 4.69. The van der Waals surface area contributed by atoms with Gasteiger partial charge in [0.15, 0.2) is 0 Å². The lowest BCUT2D eigenvalue weighted by atomic mass is 10.1. The molecule has 3 nitrogen and oxygen atoms in total. The van der Waals surface area contributed by atoms with E-state index in [4.69, 9.17) is 11.6 Å². The summed E-state index contributed by atoms with van der Waals surface area (Å²) in [7, 11) is 0. The van der Waals surface area contributed by atoms with Gasteiger partial charge in [-0.15, -0.1) is 0 Å². The highest BCUT2D eigenvalue weighted by Gasteiger charge is 2.05. The molecule has 0 bridgehead atoms. The van der Waals surface area contributed by atoms with E-state index in [1.54, 1.807) is 18.2 Å². The van der Waals surface area contributed by atoms with Crippen molar-refractivity contribution >= 4 is 11.6 Å². The maximum Gasteiger partial charge on any atom is 0.251 e. The van der Waals surface area contributed by atoms with Crippen LogP contribution in [0.5, 0.6) is 0 Å². The molecule has 1 aromatic carbocycles. The summed E-state index contributed by atoms with van der Waals surface area (Å²) in [5, 5.41) is 0.666. The molecule has 0 aliphatic rings. The quantitative estimate of drug-likeness (QED) is 0.923. The van der Waals surface area contributed by atoms with Gasteiger partial charge in [0.05, 0.1) is 0 Å². The number of rotatable bonds is 3. The Morgan fingerprint density at radius 1 is 1.28 bits per heavy atom. The molecule has 0 spiro atoms. The molecule has 2 aromatic rings. The molecule has 0 radical (unpaired) electrons. The van der Waals surface area contributed by atoms with Crippen LogP contribution in [0.2, 0.25) is 5.02 Å². The number of halogens is 1. The van der Waals surface area contributed by atoms with Gasteiger partial charge in [-0.1, -0.05) is 25.4 Å². The topological polar surface area (TPSA) is 45.8 Å². The standard InChI is InChI=1S/C14H15ClN2O/c1-9(2)7-12-8-13(18)17-14(16-12)10-3-5-11(15)6-4-10/h3-6,8-9H,7H2,1-2H3,(H,16,17,18). The first kappa shape index (κ1) is 12.8. The SMILES string of the molecule is CC(C)Cc1cc(=O)[nH]c(-c2ccc(Cl)cc2)n1. The highest BCUT2D eigenvalue weighted by molar-refractivity contribution is 6.30. The number of aromatic amines is 1. The van der Waals surface area contributed by atoms with E-state index < -0.39 is 0 Å². The van der Waals surface area contributed by atoms with E-state index in [1.807, 2.05) is 12.1 Å². The van der Waals surface area contributed by atoms with Crippen LogP contribution < -0.4 is 5.56 Å². The molecule has 0 saturated carbocycles. The largest absolute Gasteiger partial charge is 0.307 e. The Morgan fingerprint density at radius 3 is 2.56 bits per heavy atom. The summed E-state index contributed by atoms with van der Waals surface area (Å²) in [6, 6.07) is 8.82. The molecule has 1 heterocycles. The fourth-order valence-electron chi connectivity index (χ4n) is 1.78. The molecule has 18 heavy (non-hydrogen) atoms. The summed E-state index contributed by atoms with van der Waals surface area (Å²) >= 11 is 5.84. The van der Waals surface area contributed by atoms with Crippen molar-refractivity contribution in [1.82, 2.24) is 9.97 Å². The lowest BCUT2D eigenvalue weighted by Gasteiger charge is -2.06. The Labute approximate surface area is 111 Å². The van der Waals surface area contributed by atoms with Crippen molar-refractivity contribution in [3.8, 4) is 11.4 Å². The van der Waals surface area contributed by atoms with Gasteiger partial charge in [-0.05, 0) is 36.6 Å². The number of benzene rings is 1. The average Bonchev–Trinajstić information content (AvgIpc) is 2.28. The van der Waals surface area contributed by atoms with Crippen LogP contribution in [0.4, 0.5) is 0 Å². The van der Waals surface area contributed by atoms with E-state index in [0.29, 0.717) is 16.8 Å². The van der Waals surface area contributed by atoms with Gasteiger partial charge in [-0.3, -0.25) is 4.79 Å². The van der Waals surface area contributed by atoms with Crippen LogP contribution in [-0.4, -0.2) is 9.97 Å². The van der Waals surface area contributed by atoms with Gasteiger partial charge in [0, 0.05) is 22.3 Å². The van der Waals surface area contributed by atoms with Crippen molar-refractivity contribution in [3.63, 3.8) is 0 Å². The van der Waals surface area contributed by atoms with Gasteiger partial charge in [0.2, 0.25) is 0 Å². The van der Waals surface area contributed by atoms with Crippen molar-refractivity contribution < 1.29 is 0 Å². The number of aromatic nitrogens is 2. The second kappa shape index (κ2) is 5.36. The lowest BCUT2D eigenvalue weighted by Crippen LogP contribution is -2.11. The van der Waals surface area contributed by atoms with E-state index in [0.717, 1.165) is 17.7 Å². The minimum Gasteiger partial charge on any atom is -0.307 e. The molecule has 0 fully saturated rings. The molecule has 0 unspecified atom stereocenters. The van der Waals surface area contributed by atoms with Crippen molar-refractivity contribution in [2.45, 2.75) is 20.3 Å². The average molecular weight is 263 g/mol. The normalized spacial score (nSPS) is 10.9. The summed E-state index contributed by atoms with van der Waals surface area (Å²) in [6.07, 6.45) is 0.796. The number of nitrogens with zero attached hydrogens (tertiary/aromatic N) is 1. The predicted octanol–water partition coefficient (Wildman–Crippen LogP) is 3.29. The molecular weight excluding hydrogens is 248 g/mol. The maximum atomic E-state index is 11.6. The molecule has 0 atom stereocenters. The Morgan fingerprint density at radius 2 is 1.94 bits per heavy atom. The third-order valence-electron chi connectivity index (χ3n) is 2.53. The van der Waals surface area contributed by atoms with Gasteiger partial charge in [0.1, 0.15) is 5.82 Å². The number of H-pyrrole nitrogens is 1. The molecular formula is C14H15ClN2O. The zero-order valence-electron chi connectivity index (χ0n) is 10.4. The highest BCUT2D eigenvalue weighted by Crippen LogP contribution is 2.17. The van der Waals surface area contributed by atoms with Gasteiger partial charge in [0.25, 0.3) is 5.56 Å². The van der Waals surface area contributed by atoms with Crippen LogP contribution in [0.25, 0.3) is 11.4 Å². The van der Waals surface area contributed by atoms with Crippen LogP contribution >= 0.6 is 11.6 Å². The molecule has 2 rings (SSSR count). The minimum absolute atomic E-state index is 0.120. The van der Waals surface area contributed by atoms with Crippen LogP contribution in [0, 0.1) is 5.92 Å². The fraction of sp³-hybridized carbons (Fsp3) is 0.286. The molecule has 1 aromatic heterocycles. The first-order valence-corrected chi connectivity index (χ1v) is 6.28. The molecule has 1 N–H and O–H groups in total. The molecule has 0 amide bonds. The van der Waals surface area contributed by atoms with Crippen molar-refractivity contribution in [2.75, 3.05) is 0 Å². The van der Waals surface area contributed by atoms with Gasteiger partial charge in [-0.25, -0.2) is 4.98 Å². The van der Waals surface area contributed by atoms with Crippen molar-refractivity contribution in [1.29, 1.82) is 0 Å². The molecule has 94 valence electrons. The van der Waals surface area contributed by atoms with Gasteiger partial charge in [-0.2, -0.15) is 0 Å². The van der Waals surface area contributed by atoms with Gasteiger partial charge < -0.3 is 4.98 Å². The van der Waals surface area contributed by atoms with E-state index in [9.17, 15) is 4.79 Å². The zero-order chi connectivity index (χ0) is 13.1.